The van der Waals surface area contributed by atoms with E-state index in [4.69, 9.17) is 0 Å². The predicted octanol–water partition coefficient (Wildman–Crippen LogP) is 4.32. The standard InChI is InChI=1S/C19H23F2NO3S/c1-3-14(2)16-6-10-18(11-7-16)26(23,24)22-13-12-15-4-8-17(9-5-15)25-19(20)21/h4-11,14,19,22H,3,12-13H2,1-2H3. The zero-order chi connectivity index (χ0) is 19.2. The van der Waals surface area contributed by atoms with Crippen LogP contribution in [0.4, 0.5) is 8.78 Å². The van der Waals surface area contributed by atoms with Crippen LogP contribution >= 0.6 is 0 Å². The summed E-state index contributed by atoms with van der Waals surface area (Å²) in [4.78, 5) is 0.227. The molecule has 1 unspecified atom stereocenters. The van der Waals surface area contributed by atoms with Gasteiger partial charge in [0.2, 0.25) is 10.0 Å². The van der Waals surface area contributed by atoms with Crippen LogP contribution in [0, 0.1) is 0 Å². The van der Waals surface area contributed by atoms with E-state index >= 15 is 0 Å². The van der Waals surface area contributed by atoms with Gasteiger partial charge in [0.15, 0.2) is 0 Å². The molecule has 0 aliphatic heterocycles. The molecule has 0 aromatic heterocycles. The molecule has 1 atom stereocenters. The van der Waals surface area contributed by atoms with Gasteiger partial charge in [0.25, 0.3) is 0 Å². The minimum Gasteiger partial charge on any atom is -0.435 e. The first-order valence-electron chi connectivity index (χ1n) is 8.45. The fraction of sp³-hybridized carbons (Fsp3) is 0.368. The lowest BCUT2D eigenvalue weighted by atomic mass is 9.99. The summed E-state index contributed by atoms with van der Waals surface area (Å²) in [6.45, 7) is 1.53. The summed E-state index contributed by atoms with van der Waals surface area (Å²) < 4.78 is 55.7. The highest BCUT2D eigenvalue weighted by molar-refractivity contribution is 7.89. The van der Waals surface area contributed by atoms with E-state index in [1.54, 1.807) is 24.3 Å². The van der Waals surface area contributed by atoms with Crippen molar-refractivity contribution in [2.75, 3.05) is 6.54 Å². The van der Waals surface area contributed by atoms with Gasteiger partial charge < -0.3 is 4.74 Å². The van der Waals surface area contributed by atoms with Crippen LogP contribution in [0.15, 0.2) is 53.4 Å². The first-order chi connectivity index (χ1) is 12.3. The highest BCUT2D eigenvalue weighted by Gasteiger charge is 2.14. The second-order valence-corrected chi connectivity index (χ2v) is 7.82. The summed E-state index contributed by atoms with van der Waals surface area (Å²) in [5, 5.41) is 0. The van der Waals surface area contributed by atoms with Crippen LogP contribution in [0.25, 0.3) is 0 Å². The van der Waals surface area contributed by atoms with E-state index in [0.29, 0.717) is 12.3 Å². The van der Waals surface area contributed by atoms with Crippen LogP contribution in [-0.2, 0) is 16.4 Å². The average molecular weight is 383 g/mol. The van der Waals surface area contributed by atoms with Crippen LogP contribution < -0.4 is 9.46 Å². The molecule has 142 valence electrons. The number of alkyl halides is 2. The van der Waals surface area contributed by atoms with E-state index in [0.717, 1.165) is 17.5 Å². The second-order valence-electron chi connectivity index (χ2n) is 6.05. The van der Waals surface area contributed by atoms with Gasteiger partial charge in [0, 0.05) is 6.54 Å². The molecule has 7 heteroatoms. The summed E-state index contributed by atoms with van der Waals surface area (Å²) >= 11 is 0. The van der Waals surface area contributed by atoms with Crippen molar-refractivity contribution in [3.63, 3.8) is 0 Å². The molecule has 2 aromatic rings. The minimum atomic E-state index is -3.58. The van der Waals surface area contributed by atoms with Gasteiger partial charge in [-0.1, -0.05) is 38.1 Å². The first kappa shape index (κ1) is 20.3. The third kappa shape index (κ3) is 5.78. The van der Waals surface area contributed by atoms with Crippen LogP contribution in [0.2, 0.25) is 0 Å². The number of halogens is 2. The maximum absolute atomic E-state index is 12.3. The van der Waals surface area contributed by atoms with E-state index < -0.39 is 16.6 Å². The zero-order valence-corrected chi connectivity index (χ0v) is 15.6. The maximum Gasteiger partial charge on any atom is 0.387 e. The lowest BCUT2D eigenvalue weighted by Gasteiger charge is -2.11. The maximum atomic E-state index is 12.3. The lowest BCUT2D eigenvalue weighted by molar-refractivity contribution is -0.0498. The van der Waals surface area contributed by atoms with Gasteiger partial charge in [-0.15, -0.1) is 0 Å². The van der Waals surface area contributed by atoms with Gasteiger partial charge in [0.1, 0.15) is 5.75 Å². The van der Waals surface area contributed by atoms with E-state index in [-0.39, 0.29) is 17.2 Å². The Bertz CT molecular complexity index is 791. The third-order valence-corrected chi connectivity index (χ3v) is 5.70. The molecule has 4 nitrogen and oxygen atoms in total. The normalized spacial score (nSPS) is 13.0. The van der Waals surface area contributed by atoms with E-state index in [2.05, 4.69) is 23.3 Å². The molecule has 0 saturated heterocycles. The van der Waals surface area contributed by atoms with Gasteiger partial charge in [-0.25, -0.2) is 13.1 Å². The molecule has 0 bridgehead atoms. The van der Waals surface area contributed by atoms with E-state index in [1.807, 2.05) is 12.1 Å². The first-order valence-corrected chi connectivity index (χ1v) is 9.93. The van der Waals surface area contributed by atoms with Crippen molar-refractivity contribution in [3.8, 4) is 5.75 Å². The Morgan fingerprint density at radius 2 is 1.65 bits per heavy atom. The molecular weight excluding hydrogens is 360 g/mol. The number of ether oxygens (including phenoxy) is 1. The molecule has 0 aliphatic rings. The van der Waals surface area contributed by atoms with Crippen molar-refractivity contribution in [3.05, 3.63) is 59.7 Å². The van der Waals surface area contributed by atoms with Crippen molar-refractivity contribution >= 4 is 10.0 Å². The number of nitrogens with one attached hydrogen (secondary N) is 1. The van der Waals surface area contributed by atoms with Crippen LogP contribution in [0.3, 0.4) is 0 Å². The molecule has 0 amide bonds. The van der Waals surface area contributed by atoms with Crippen molar-refractivity contribution in [1.29, 1.82) is 0 Å². The molecule has 0 radical (unpaired) electrons. The van der Waals surface area contributed by atoms with Gasteiger partial charge in [-0.3, -0.25) is 0 Å². The Hall–Kier alpha value is -1.99. The summed E-state index contributed by atoms with van der Waals surface area (Å²) in [6, 6.07) is 13.0. The smallest absolute Gasteiger partial charge is 0.387 e. The molecule has 2 rings (SSSR count). The van der Waals surface area contributed by atoms with Crippen molar-refractivity contribution in [2.24, 2.45) is 0 Å². The van der Waals surface area contributed by atoms with Crippen LogP contribution in [0.1, 0.15) is 37.3 Å². The topological polar surface area (TPSA) is 55.4 Å². The summed E-state index contributed by atoms with van der Waals surface area (Å²) in [6.07, 6.45) is 1.44. The summed E-state index contributed by atoms with van der Waals surface area (Å²) in [5.74, 6) is 0.461. The quantitative estimate of drug-likeness (QED) is 0.702. The Balaban J connectivity index is 1.91. The van der Waals surface area contributed by atoms with Crippen molar-refractivity contribution < 1.29 is 21.9 Å². The molecule has 0 heterocycles. The average Bonchev–Trinajstić information content (AvgIpc) is 2.62. The molecule has 2 aromatic carbocycles. The van der Waals surface area contributed by atoms with Crippen LogP contribution in [-0.4, -0.2) is 21.6 Å². The fourth-order valence-electron chi connectivity index (χ4n) is 2.46. The second kappa shape index (κ2) is 9.09. The van der Waals surface area contributed by atoms with Crippen molar-refractivity contribution in [2.45, 2.75) is 44.1 Å². The van der Waals surface area contributed by atoms with Gasteiger partial charge in [0.05, 0.1) is 4.90 Å². The predicted molar refractivity (Wildman–Crippen MR) is 97.1 cm³/mol. The molecule has 0 saturated carbocycles. The molecule has 26 heavy (non-hydrogen) atoms. The fourth-order valence-corrected chi connectivity index (χ4v) is 3.49. The number of hydrogen-bond acceptors (Lipinski definition) is 3. The van der Waals surface area contributed by atoms with E-state index in [1.165, 1.54) is 12.1 Å². The Kier molecular flexibility index (Phi) is 7.11. The Morgan fingerprint density at radius 3 is 2.19 bits per heavy atom. The molecule has 0 spiro atoms. The molecule has 1 N–H and O–H groups in total. The summed E-state index contributed by atoms with van der Waals surface area (Å²) in [5.41, 5.74) is 1.93. The lowest BCUT2D eigenvalue weighted by Crippen LogP contribution is -2.26. The Labute approximate surface area is 153 Å². The van der Waals surface area contributed by atoms with Gasteiger partial charge >= 0.3 is 6.61 Å². The number of hydrogen-bond donors (Lipinski definition) is 1. The van der Waals surface area contributed by atoms with Crippen LogP contribution in [0.5, 0.6) is 5.75 Å². The van der Waals surface area contributed by atoms with Gasteiger partial charge in [-0.2, -0.15) is 8.78 Å². The monoisotopic (exact) mass is 383 g/mol. The van der Waals surface area contributed by atoms with Crippen molar-refractivity contribution in [1.82, 2.24) is 4.72 Å². The SMILES string of the molecule is CCC(C)c1ccc(S(=O)(=O)NCCc2ccc(OC(F)F)cc2)cc1. The minimum absolute atomic E-state index is 0.0747. The highest BCUT2D eigenvalue weighted by atomic mass is 32.2. The molecule has 0 fully saturated rings. The number of rotatable bonds is 9. The zero-order valence-electron chi connectivity index (χ0n) is 14.8. The largest absolute Gasteiger partial charge is 0.435 e. The molecular formula is C19H23F2NO3S. The Morgan fingerprint density at radius 1 is 1.04 bits per heavy atom. The molecule has 0 aliphatic carbocycles. The van der Waals surface area contributed by atoms with E-state index in [9.17, 15) is 17.2 Å². The van der Waals surface area contributed by atoms with Gasteiger partial charge in [-0.05, 0) is 54.2 Å². The highest BCUT2D eigenvalue weighted by Crippen LogP contribution is 2.20. The number of benzene rings is 2. The summed E-state index contributed by atoms with van der Waals surface area (Å²) in [7, 11) is -3.58. The number of sulfonamides is 1. The third-order valence-electron chi connectivity index (χ3n) is 4.23.